The second kappa shape index (κ2) is 6.89. The smallest absolute Gasteiger partial charge is 0.275 e. The Bertz CT molecular complexity index is 989. The van der Waals surface area contributed by atoms with E-state index in [1.807, 2.05) is 48.5 Å². The minimum Gasteiger partial charge on any atom is -0.350 e. The van der Waals surface area contributed by atoms with E-state index in [1.54, 1.807) is 11.0 Å². The van der Waals surface area contributed by atoms with Gasteiger partial charge in [-0.1, -0.05) is 18.2 Å². The number of para-hydroxylation sites is 1. The summed E-state index contributed by atoms with van der Waals surface area (Å²) in [4.78, 5) is 26.1. The Morgan fingerprint density at radius 2 is 1.82 bits per heavy atom. The lowest BCUT2D eigenvalue weighted by Gasteiger charge is -2.39. The quantitative estimate of drug-likeness (QED) is 0.700. The van der Waals surface area contributed by atoms with E-state index in [-0.39, 0.29) is 5.91 Å². The summed E-state index contributed by atoms with van der Waals surface area (Å²) < 4.78 is 1.79. The summed E-state index contributed by atoms with van der Waals surface area (Å²) in [5, 5.41) is 5.43. The van der Waals surface area contributed by atoms with Crippen LogP contribution in [-0.2, 0) is 7.05 Å². The number of fused-ring (bicyclic) bond motifs is 1. The molecule has 0 atom stereocenters. The predicted octanol–water partition coefficient (Wildman–Crippen LogP) is 2.64. The molecule has 3 heterocycles. The van der Waals surface area contributed by atoms with E-state index >= 15 is 0 Å². The number of aryl methyl sites for hydroxylation is 1. The molecule has 1 amide bonds. The predicted molar refractivity (Wildman–Crippen MR) is 107 cm³/mol. The van der Waals surface area contributed by atoms with E-state index in [4.69, 9.17) is 0 Å². The summed E-state index contributed by atoms with van der Waals surface area (Å²) in [6.07, 6.45) is 7.79. The monoisotopic (exact) mass is 376 g/mol. The lowest BCUT2D eigenvalue weighted by Crippen LogP contribution is -2.48. The number of carbonyl (C=O) groups is 1. The van der Waals surface area contributed by atoms with E-state index < -0.39 is 0 Å². The minimum absolute atomic E-state index is 0.0373. The largest absolute Gasteiger partial charge is 0.350 e. The normalized spacial score (nSPS) is 17.8. The van der Waals surface area contributed by atoms with Crippen LogP contribution in [0.4, 0.5) is 5.82 Å². The highest BCUT2D eigenvalue weighted by atomic mass is 16.2. The van der Waals surface area contributed by atoms with Crippen LogP contribution in [0.5, 0.6) is 0 Å². The molecule has 1 saturated heterocycles. The molecule has 0 spiro atoms. The van der Waals surface area contributed by atoms with Gasteiger partial charge >= 0.3 is 0 Å². The van der Waals surface area contributed by atoms with Crippen LogP contribution in [0.25, 0.3) is 10.9 Å². The number of benzene rings is 1. The summed E-state index contributed by atoms with van der Waals surface area (Å²) in [7, 11) is 1.89. The SMILES string of the molecule is Cn1nc(C(=O)N2CCC(N(c3ccncn3)C3CC3)CC2)c2ccccc21. The fraction of sp³-hybridized carbons (Fsp3) is 0.429. The number of nitrogens with zero attached hydrogens (tertiary/aromatic N) is 6. The molecule has 2 aromatic heterocycles. The van der Waals surface area contributed by atoms with E-state index in [2.05, 4.69) is 20.0 Å². The number of amides is 1. The zero-order chi connectivity index (χ0) is 19.1. The molecule has 7 nitrogen and oxygen atoms in total. The van der Waals surface area contributed by atoms with Gasteiger partial charge in [-0.05, 0) is 37.8 Å². The van der Waals surface area contributed by atoms with Gasteiger partial charge in [0.2, 0.25) is 0 Å². The van der Waals surface area contributed by atoms with Crippen LogP contribution in [0.3, 0.4) is 0 Å². The average molecular weight is 376 g/mol. The van der Waals surface area contributed by atoms with Gasteiger partial charge in [-0.15, -0.1) is 0 Å². The fourth-order valence-electron chi connectivity index (χ4n) is 4.33. The molecule has 28 heavy (non-hydrogen) atoms. The first kappa shape index (κ1) is 17.2. The van der Waals surface area contributed by atoms with Crippen molar-refractivity contribution in [2.45, 2.75) is 37.8 Å². The highest BCUT2D eigenvalue weighted by Gasteiger charge is 2.37. The van der Waals surface area contributed by atoms with Crippen LogP contribution in [-0.4, -0.2) is 55.7 Å². The maximum atomic E-state index is 13.1. The first-order valence-corrected chi connectivity index (χ1v) is 9.98. The van der Waals surface area contributed by atoms with Crippen molar-refractivity contribution < 1.29 is 4.79 Å². The second-order valence-electron chi connectivity index (χ2n) is 7.72. The summed E-state index contributed by atoms with van der Waals surface area (Å²) >= 11 is 0. The van der Waals surface area contributed by atoms with Gasteiger partial charge in [0.15, 0.2) is 5.69 Å². The van der Waals surface area contributed by atoms with Crippen molar-refractivity contribution in [1.29, 1.82) is 0 Å². The Hall–Kier alpha value is -2.96. The standard InChI is InChI=1S/C21H24N6O/c1-25-18-5-3-2-4-17(18)20(24-25)21(28)26-12-9-16(10-13-26)27(15-6-7-15)19-8-11-22-14-23-19/h2-5,8,11,14-16H,6-7,9-10,12-13H2,1H3. The molecule has 0 bridgehead atoms. The van der Waals surface area contributed by atoms with Gasteiger partial charge in [0.05, 0.1) is 5.52 Å². The first-order chi connectivity index (χ1) is 13.7. The van der Waals surface area contributed by atoms with Crippen molar-refractivity contribution in [2.75, 3.05) is 18.0 Å². The lowest BCUT2D eigenvalue weighted by molar-refractivity contribution is 0.0707. The molecule has 0 N–H and O–H groups in total. The molecule has 1 saturated carbocycles. The molecule has 5 rings (SSSR count). The van der Waals surface area contributed by atoms with Crippen LogP contribution in [0, 0.1) is 0 Å². The molecule has 1 aliphatic heterocycles. The van der Waals surface area contributed by atoms with Crippen LogP contribution < -0.4 is 4.90 Å². The molecule has 0 unspecified atom stereocenters. The Labute approximate surface area is 164 Å². The number of hydrogen-bond acceptors (Lipinski definition) is 5. The summed E-state index contributed by atoms with van der Waals surface area (Å²) in [5.41, 5.74) is 1.55. The van der Waals surface area contributed by atoms with Gasteiger partial charge in [0.25, 0.3) is 5.91 Å². The maximum Gasteiger partial charge on any atom is 0.275 e. The lowest BCUT2D eigenvalue weighted by atomic mass is 10.0. The van der Waals surface area contributed by atoms with E-state index in [0.29, 0.717) is 17.8 Å². The molecule has 1 aliphatic carbocycles. The van der Waals surface area contributed by atoms with Crippen LogP contribution in [0.15, 0.2) is 42.9 Å². The van der Waals surface area contributed by atoms with Crippen LogP contribution in [0.2, 0.25) is 0 Å². The Morgan fingerprint density at radius 3 is 2.54 bits per heavy atom. The van der Waals surface area contributed by atoms with E-state index in [9.17, 15) is 4.79 Å². The molecular formula is C21H24N6O. The zero-order valence-corrected chi connectivity index (χ0v) is 16.0. The van der Waals surface area contributed by atoms with Crippen molar-refractivity contribution in [3.8, 4) is 0 Å². The second-order valence-corrected chi connectivity index (χ2v) is 7.72. The van der Waals surface area contributed by atoms with E-state index in [0.717, 1.165) is 42.7 Å². The molecule has 2 fully saturated rings. The number of likely N-dealkylation sites (tertiary alicyclic amines) is 1. The summed E-state index contributed by atoms with van der Waals surface area (Å²) in [6.45, 7) is 1.51. The molecule has 1 aromatic carbocycles. The molecule has 2 aliphatic rings. The number of anilines is 1. The van der Waals surface area contributed by atoms with Gasteiger partial charge in [0, 0.05) is 43.8 Å². The van der Waals surface area contributed by atoms with Crippen molar-refractivity contribution in [2.24, 2.45) is 7.05 Å². The van der Waals surface area contributed by atoms with Crippen LogP contribution in [0.1, 0.15) is 36.2 Å². The third kappa shape index (κ3) is 3.00. The molecule has 0 radical (unpaired) electrons. The maximum absolute atomic E-state index is 13.1. The molecule has 3 aromatic rings. The van der Waals surface area contributed by atoms with Gasteiger partial charge in [-0.2, -0.15) is 5.10 Å². The summed E-state index contributed by atoms with van der Waals surface area (Å²) in [5.74, 6) is 1.05. The van der Waals surface area contributed by atoms with Gasteiger partial charge in [-0.3, -0.25) is 9.48 Å². The van der Waals surface area contributed by atoms with E-state index in [1.165, 1.54) is 12.8 Å². The number of hydrogen-bond donors (Lipinski definition) is 0. The highest BCUT2D eigenvalue weighted by molar-refractivity contribution is 6.04. The zero-order valence-electron chi connectivity index (χ0n) is 16.0. The van der Waals surface area contributed by atoms with Gasteiger partial charge < -0.3 is 9.80 Å². The Morgan fingerprint density at radius 1 is 1.07 bits per heavy atom. The number of rotatable bonds is 4. The third-order valence-corrected chi connectivity index (χ3v) is 5.88. The topological polar surface area (TPSA) is 67.2 Å². The van der Waals surface area contributed by atoms with Crippen LogP contribution >= 0.6 is 0 Å². The average Bonchev–Trinajstić information content (AvgIpc) is 3.52. The summed E-state index contributed by atoms with van der Waals surface area (Å²) in [6, 6.07) is 10.9. The Kier molecular flexibility index (Phi) is 4.22. The Balaban J connectivity index is 1.32. The van der Waals surface area contributed by atoms with Crippen molar-refractivity contribution >= 4 is 22.6 Å². The fourth-order valence-corrected chi connectivity index (χ4v) is 4.33. The number of aromatic nitrogens is 4. The third-order valence-electron chi connectivity index (χ3n) is 5.88. The molecule has 144 valence electrons. The van der Waals surface area contributed by atoms with Crippen molar-refractivity contribution in [3.05, 3.63) is 48.5 Å². The molecule has 7 heteroatoms. The molecular weight excluding hydrogens is 352 g/mol. The van der Waals surface area contributed by atoms with Gasteiger partial charge in [0.1, 0.15) is 12.1 Å². The number of piperidine rings is 1. The highest BCUT2D eigenvalue weighted by Crippen LogP contribution is 2.35. The number of carbonyl (C=O) groups excluding carboxylic acids is 1. The van der Waals surface area contributed by atoms with Crippen molar-refractivity contribution in [3.63, 3.8) is 0 Å². The van der Waals surface area contributed by atoms with Gasteiger partial charge in [-0.25, -0.2) is 9.97 Å². The first-order valence-electron chi connectivity index (χ1n) is 9.98. The minimum atomic E-state index is 0.0373. The van der Waals surface area contributed by atoms with Crippen molar-refractivity contribution in [1.82, 2.24) is 24.6 Å².